The molecule has 0 aromatic heterocycles. The number of amides is 1. The molecule has 1 fully saturated rings. The van der Waals surface area contributed by atoms with Crippen LogP contribution in [-0.2, 0) is 9.59 Å². The lowest BCUT2D eigenvalue weighted by molar-refractivity contribution is -0.149. The normalized spacial score (nSPS) is 26.8. The Morgan fingerprint density at radius 2 is 1.94 bits per heavy atom. The smallest absolute Gasteiger partial charge is 0.307 e. The van der Waals surface area contributed by atoms with Crippen LogP contribution >= 0.6 is 0 Å². The topological polar surface area (TPSA) is 66.4 Å². The van der Waals surface area contributed by atoms with Gasteiger partial charge in [-0.1, -0.05) is 18.9 Å². The molecule has 0 radical (unpaired) electrons. The number of carboxylic acids is 1. The van der Waals surface area contributed by atoms with Crippen LogP contribution in [0.1, 0.15) is 32.6 Å². The maximum absolute atomic E-state index is 11.9. The second-order valence-corrected chi connectivity index (χ2v) is 4.37. The van der Waals surface area contributed by atoms with E-state index in [0.717, 1.165) is 12.8 Å². The van der Waals surface area contributed by atoms with Crippen molar-refractivity contribution in [2.45, 2.75) is 38.6 Å². The highest BCUT2D eigenvalue weighted by molar-refractivity contribution is 5.85. The first kappa shape index (κ1) is 12.7. The van der Waals surface area contributed by atoms with Gasteiger partial charge in [-0.25, -0.2) is 0 Å². The number of rotatable bonds is 4. The summed E-state index contributed by atoms with van der Waals surface area (Å²) in [5.74, 6) is -1.91. The number of hydrogen-bond donors (Lipinski definition) is 2. The van der Waals surface area contributed by atoms with Gasteiger partial charge in [-0.2, -0.15) is 0 Å². The van der Waals surface area contributed by atoms with Crippen molar-refractivity contribution >= 4 is 11.9 Å². The third-order valence-corrected chi connectivity index (χ3v) is 3.14. The van der Waals surface area contributed by atoms with Gasteiger partial charge in [0, 0.05) is 6.04 Å². The zero-order chi connectivity index (χ0) is 12.1. The van der Waals surface area contributed by atoms with Crippen molar-refractivity contribution in [1.82, 2.24) is 5.32 Å². The summed E-state index contributed by atoms with van der Waals surface area (Å²) in [5.41, 5.74) is 0. The molecule has 0 aromatic carbocycles. The van der Waals surface area contributed by atoms with Crippen molar-refractivity contribution < 1.29 is 14.7 Å². The van der Waals surface area contributed by atoms with Crippen LogP contribution < -0.4 is 5.32 Å². The minimum atomic E-state index is -0.855. The van der Waals surface area contributed by atoms with Crippen LogP contribution in [0.3, 0.4) is 0 Å². The average molecular weight is 225 g/mol. The zero-order valence-corrected chi connectivity index (χ0v) is 9.61. The average Bonchev–Trinajstić information content (AvgIpc) is 2.28. The molecule has 0 saturated heterocycles. The van der Waals surface area contributed by atoms with Gasteiger partial charge in [0.15, 0.2) is 0 Å². The summed E-state index contributed by atoms with van der Waals surface area (Å²) in [6.45, 7) is 5.40. The quantitative estimate of drug-likeness (QED) is 0.714. The Morgan fingerprint density at radius 1 is 1.38 bits per heavy atom. The van der Waals surface area contributed by atoms with Crippen LogP contribution in [0.15, 0.2) is 12.7 Å². The van der Waals surface area contributed by atoms with Crippen LogP contribution in [0, 0.1) is 11.8 Å². The Hall–Kier alpha value is -1.32. The molecule has 0 heterocycles. The van der Waals surface area contributed by atoms with E-state index in [1.165, 1.54) is 0 Å². The molecule has 1 unspecified atom stereocenters. The van der Waals surface area contributed by atoms with E-state index in [1.807, 2.05) is 6.92 Å². The van der Waals surface area contributed by atoms with Crippen molar-refractivity contribution in [1.29, 1.82) is 0 Å². The van der Waals surface area contributed by atoms with Gasteiger partial charge in [-0.3, -0.25) is 9.59 Å². The lowest BCUT2D eigenvalue weighted by Gasteiger charge is -2.28. The van der Waals surface area contributed by atoms with E-state index in [4.69, 9.17) is 5.11 Å². The molecule has 16 heavy (non-hydrogen) atoms. The zero-order valence-electron chi connectivity index (χ0n) is 9.61. The molecule has 90 valence electrons. The van der Waals surface area contributed by atoms with Gasteiger partial charge in [-0.15, -0.1) is 6.58 Å². The summed E-state index contributed by atoms with van der Waals surface area (Å²) >= 11 is 0. The van der Waals surface area contributed by atoms with Crippen molar-refractivity contribution in [2.24, 2.45) is 11.8 Å². The standard InChI is InChI=1S/C12H19NO3/c1-3-8(2)13-11(14)9-6-4-5-7-10(9)12(15)16/h3,8-10H,1,4-7H2,2H3,(H,13,14)(H,15,16)/t8?,9-,10+/m1/s1. The lowest BCUT2D eigenvalue weighted by Crippen LogP contribution is -2.42. The highest BCUT2D eigenvalue weighted by atomic mass is 16.4. The Balaban J connectivity index is 2.64. The maximum atomic E-state index is 11.9. The van der Waals surface area contributed by atoms with Gasteiger partial charge in [-0.05, 0) is 19.8 Å². The fourth-order valence-electron chi connectivity index (χ4n) is 2.13. The van der Waals surface area contributed by atoms with Crippen LogP contribution in [0.2, 0.25) is 0 Å². The van der Waals surface area contributed by atoms with Gasteiger partial charge in [0.25, 0.3) is 0 Å². The molecule has 1 saturated carbocycles. The highest BCUT2D eigenvalue weighted by Gasteiger charge is 2.35. The Bertz CT molecular complexity index is 288. The molecule has 1 aliphatic carbocycles. The Morgan fingerprint density at radius 3 is 2.44 bits per heavy atom. The number of nitrogens with one attached hydrogen (secondary N) is 1. The molecular weight excluding hydrogens is 206 g/mol. The van der Waals surface area contributed by atoms with E-state index < -0.39 is 11.9 Å². The SMILES string of the molecule is C=CC(C)NC(=O)[C@@H]1CCCC[C@@H]1C(=O)O. The molecule has 0 spiro atoms. The Kier molecular flexibility index (Phi) is 4.52. The molecule has 4 nitrogen and oxygen atoms in total. The minimum Gasteiger partial charge on any atom is -0.481 e. The fraction of sp³-hybridized carbons (Fsp3) is 0.667. The molecule has 3 atom stereocenters. The summed E-state index contributed by atoms with van der Waals surface area (Å²) in [6.07, 6.45) is 4.75. The first-order valence-corrected chi connectivity index (χ1v) is 5.72. The van der Waals surface area contributed by atoms with Gasteiger partial charge in [0.2, 0.25) is 5.91 Å². The van der Waals surface area contributed by atoms with Crippen molar-refractivity contribution in [3.8, 4) is 0 Å². The fourth-order valence-corrected chi connectivity index (χ4v) is 2.13. The minimum absolute atomic E-state index is 0.108. The van der Waals surface area contributed by atoms with Crippen molar-refractivity contribution in [3.63, 3.8) is 0 Å². The molecule has 4 heteroatoms. The molecule has 0 bridgehead atoms. The van der Waals surface area contributed by atoms with Gasteiger partial charge >= 0.3 is 5.97 Å². The second-order valence-electron chi connectivity index (χ2n) is 4.37. The summed E-state index contributed by atoms with van der Waals surface area (Å²) in [5, 5.41) is 11.8. The number of hydrogen-bond acceptors (Lipinski definition) is 2. The van der Waals surface area contributed by atoms with Crippen LogP contribution in [0.25, 0.3) is 0 Å². The maximum Gasteiger partial charge on any atom is 0.307 e. The molecule has 1 aliphatic rings. The molecule has 0 aromatic rings. The van der Waals surface area contributed by atoms with E-state index in [0.29, 0.717) is 12.8 Å². The summed E-state index contributed by atoms with van der Waals surface area (Å²) in [4.78, 5) is 22.9. The largest absolute Gasteiger partial charge is 0.481 e. The summed E-state index contributed by atoms with van der Waals surface area (Å²) < 4.78 is 0. The Labute approximate surface area is 95.7 Å². The van der Waals surface area contributed by atoms with Gasteiger partial charge in [0.1, 0.15) is 0 Å². The summed E-state index contributed by atoms with van der Waals surface area (Å²) in [7, 11) is 0. The first-order chi connectivity index (χ1) is 7.56. The van der Waals surface area contributed by atoms with Gasteiger partial charge in [0.05, 0.1) is 11.8 Å². The summed E-state index contributed by atoms with van der Waals surface area (Å²) in [6, 6.07) is -0.108. The van der Waals surface area contributed by atoms with Crippen LogP contribution in [0.4, 0.5) is 0 Å². The van der Waals surface area contributed by atoms with E-state index in [2.05, 4.69) is 11.9 Å². The van der Waals surface area contributed by atoms with E-state index >= 15 is 0 Å². The van der Waals surface area contributed by atoms with E-state index in [9.17, 15) is 9.59 Å². The second kappa shape index (κ2) is 5.68. The predicted molar refractivity (Wildman–Crippen MR) is 60.9 cm³/mol. The third kappa shape index (κ3) is 3.08. The van der Waals surface area contributed by atoms with Crippen molar-refractivity contribution in [2.75, 3.05) is 0 Å². The predicted octanol–water partition coefficient (Wildman–Crippen LogP) is 1.57. The van der Waals surface area contributed by atoms with Crippen LogP contribution in [-0.4, -0.2) is 23.0 Å². The molecule has 1 rings (SSSR count). The number of carbonyl (C=O) groups excluding carboxylic acids is 1. The third-order valence-electron chi connectivity index (χ3n) is 3.14. The monoisotopic (exact) mass is 225 g/mol. The van der Waals surface area contributed by atoms with Gasteiger partial charge < -0.3 is 10.4 Å². The van der Waals surface area contributed by atoms with Crippen molar-refractivity contribution in [3.05, 3.63) is 12.7 Å². The van der Waals surface area contributed by atoms with E-state index in [-0.39, 0.29) is 17.9 Å². The first-order valence-electron chi connectivity index (χ1n) is 5.72. The molecular formula is C12H19NO3. The number of carboxylic acid groups (broad SMARTS) is 1. The number of aliphatic carboxylic acids is 1. The molecule has 0 aliphatic heterocycles. The van der Waals surface area contributed by atoms with E-state index in [1.54, 1.807) is 6.08 Å². The molecule has 1 amide bonds. The lowest BCUT2D eigenvalue weighted by atomic mass is 9.78. The molecule has 2 N–H and O–H groups in total. The van der Waals surface area contributed by atoms with Crippen LogP contribution in [0.5, 0.6) is 0 Å². The highest BCUT2D eigenvalue weighted by Crippen LogP contribution is 2.30. The number of carbonyl (C=O) groups is 2.